The Balaban J connectivity index is 1.62. The number of amides is 1. The number of benzene rings is 2. The molecule has 0 aliphatic heterocycles. The Hall–Kier alpha value is -3.54. The molecule has 3 aromatic rings. The van der Waals surface area contributed by atoms with Gasteiger partial charge in [-0.2, -0.15) is 0 Å². The number of nitrogens with one attached hydrogen (secondary N) is 2. The molecule has 0 aliphatic rings. The Morgan fingerprint density at radius 3 is 2.39 bits per heavy atom. The van der Waals surface area contributed by atoms with Gasteiger partial charge in [-0.15, -0.1) is 0 Å². The van der Waals surface area contributed by atoms with Gasteiger partial charge in [-0.05, 0) is 54.1 Å². The molecule has 6 heteroatoms. The van der Waals surface area contributed by atoms with Gasteiger partial charge in [0.05, 0.1) is 7.11 Å². The minimum atomic E-state index is -0.149. The summed E-state index contributed by atoms with van der Waals surface area (Å²) in [5.41, 5.74) is 3.58. The van der Waals surface area contributed by atoms with Crippen LogP contribution in [-0.4, -0.2) is 32.1 Å². The molecule has 144 valence electrons. The number of nitrogens with zero attached hydrogens (tertiary/aromatic N) is 2. The molecule has 0 atom stereocenters. The summed E-state index contributed by atoms with van der Waals surface area (Å²) in [6.07, 6.45) is 1.62. The Kier molecular flexibility index (Phi) is 6.11. The molecule has 2 N–H and O–H groups in total. The van der Waals surface area contributed by atoms with Crippen LogP contribution < -0.4 is 20.3 Å². The fraction of sp³-hybridized carbons (Fsp3) is 0.182. The van der Waals surface area contributed by atoms with E-state index in [-0.39, 0.29) is 5.91 Å². The van der Waals surface area contributed by atoms with Crippen molar-refractivity contribution in [2.24, 2.45) is 0 Å². The summed E-state index contributed by atoms with van der Waals surface area (Å²) in [5, 5.41) is 6.15. The van der Waals surface area contributed by atoms with Gasteiger partial charge in [0.1, 0.15) is 11.6 Å². The number of methoxy groups -OCH3 is 1. The van der Waals surface area contributed by atoms with Crippen LogP contribution in [0.3, 0.4) is 0 Å². The first kappa shape index (κ1) is 19.2. The summed E-state index contributed by atoms with van der Waals surface area (Å²) in [5.74, 6) is 1.26. The Morgan fingerprint density at radius 2 is 1.75 bits per heavy atom. The lowest BCUT2D eigenvalue weighted by Gasteiger charge is -2.13. The summed E-state index contributed by atoms with van der Waals surface area (Å²) in [7, 11) is 5.62. The van der Waals surface area contributed by atoms with Crippen LogP contribution in [0.4, 0.5) is 17.2 Å². The molecule has 0 saturated heterocycles. The zero-order valence-electron chi connectivity index (χ0n) is 16.3. The molecule has 1 aromatic heterocycles. The van der Waals surface area contributed by atoms with Crippen molar-refractivity contribution >= 4 is 23.1 Å². The number of aromatic nitrogens is 1. The highest BCUT2D eigenvalue weighted by Gasteiger charge is 2.07. The van der Waals surface area contributed by atoms with Gasteiger partial charge < -0.3 is 20.3 Å². The maximum absolute atomic E-state index is 12.5. The molecule has 6 nitrogen and oxygen atoms in total. The molecular weight excluding hydrogens is 352 g/mol. The molecule has 0 aliphatic carbocycles. The van der Waals surface area contributed by atoms with Gasteiger partial charge in [0, 0.05) is 43.8 Å². The van der Waals surface area contributed by atoms with Gasteiger partial charge in [0.15, 0.2) is 0 Å². The Labute approximate surface area is 165 Å². The van der Waals surface area contributed by atoms with Gasteiger partial charge in [-0.25, -0.2) is 4.98 Å². The van der Waals surface area contributed by atoms with E-state index in [9.17, 15) is 4.79 Å². The van der Waals surface area contributed by atoms with E-state index in [0.29, 0.717) is 17.9 Å². The number of carbonyl (C=O) groups is 1. The van der Waals surface area contributed by atoms with Gasteiger partial charge in [0.2, 0.25) is 0 Å². The standard InChI is InChI=1S/C22H24N4O2/c1-26(2)19-8-6-18(7-9-19)25-21-14-17(12-13-23-21)22(27)24-15-16-4-10-20(28-3)11-5-16/h4-14H,15H2,1-3H3,(H,23,25)(H,24,27). The second kappa shape index (κ2) is 8.90. The third kappa shape index (κ3) is 5.01. The molecular formula is C22H24N4O2. The van der Waals surface area contributed by atoms with Crippen LogP contribution in [0.1, 0.15) is 15.9 Å². The normalized spacial score (nSPS) is 10.2. The molecule has 1 heterocycles. The fourth-order valence-electron chi connectivity index (χ4n) is 2.66. The van der Waals surface area contributed by atoms with Crippen molar-refractivity contribution in [3.05, 3.63) is 78.0 Å². The van der Waals surface area contributed by atoms with Crippen molar-refractivity contribution in [1.29, 1.82) is 0 Å². The zero-order valence-corrected chi connectivity index (χ0v) is 16.3. The van der Waals surface area contributed by atoms with Crippen LogP contribution in [-0.2, 0) is 6.54 Å². The van der Waals surface area contributed by atoms with Crippen molar-refractivity contribution < 1.29 is 9.53 Å². The van der Waals surface area contributed by atoms with Gasteiger partial charge in [-0.3, -0.25) is 4.79 Å². The second-order valence-corrected chi connectivity index (χ2v) is 6.53. The van der Waals surface area contributed by atoms with Crippen LogP contribution in [0.15, 0.2) is 66.9 Å². The number of carbonyl (C=O) groups excluding carboxylic acids is 1. The smallest absolute Gasteiger partial charge is 0.251 e. The third-order valence-electron chi connectivity index (χ3n) is 4.29. The molecule has 1 amide bonds. The van der Waals surface area contributed by atoms with Crippen LogP contribution in [0, 0.1) is 0 Å². The molecule has 0 saturated carbocycles. The highest BCUT2D eigenvalue weighted by Crippen LogP contribution is 2.19. The number of ether oxygens (including phenoxy) is 1. The van der Waals surface area contributed by atoms with E-state index in [1.54, 1.807) is 25.4 Å². The van der Waals surface area contributed by atoms with Gasteiger partial charge in [-0.1, -0.05) is 12.1 Å². The summed E-state index contributed by atoms with van der Waals surface area (Å²) < 4.78 is 5.14. The number of rotatable bonds is 7. The number of hydrogen-bond acceptors (Lipinski definition) is 5. The molecule has 0 bridgehead atoms. The van der Waals surface area contributed by atoms with Crippen LogP contribution in [0.2, 0.25) is 0 Å². The molecule has 3 rings (SSSR count). The molecule has 0 fully saturated rings. The summed E-state index contributed by atoms with van der Waals surface area (Å²) in [6, 6.07) is 19.0. The predicted octanol–water partition coefficient (Wildman–Crippen LogP) is 3.83. The Morgan fingerprint density at radius 1 is 1.04 bits per heavy atom. The van der Waals surface area contributed by atoms with Crippen molar-refractivity contribution in [2.45, 2.75) is 6.54 Å². The molecule has 0 spiro atoms. The predicted molar refractivity (Wildman–Crippen MR) is 112 cm³/mol. The third-order valence-corrected chi connectivity index (χ3v) is 4.29. The lowest BCUT2D eigenvalue weighted by molar-refractivity contribution is 0.0951. The van der Waals surface area contributed by atoms with E-state index in [0.717, 1.165) is 22.7 Å². The lowest BCUT2D eigenvalue weighted by Crippen LogP contribution is -2.22. The highest BCUT2D eigenvalue weighted by molar-refractivity contribution is 5.94. The monoisotopic (exact) mass is 376 g/mol. The van der Waals surface area contributed by atoms with E-state index in [4.69, 9.17) is 4.74 Å². The average Bonchev–Trinajstić information content (AvgIpc) is 2.73. The molecule has 28 heavy (non-hydrogen) atoms. The molecule has 2 aromatic carbocycles. The van der Waals surface area contributed by atoms with Crippen molar-refractivity contribution in [1.82, 2.24) is 10.3 Å². The topological polar surface area (TPSA) is 66.5 Å². The maximum atomic E-state index is 12.5. The van der Waals surface area contributed by atoms with Gasteiger partial charge in [0.25, 0.3) is 5.91 Å². The number of pyridine rings is 1. The minimum absolute atomic E-state index is 0.149. The average molecular weight is 376 g/mol. The molecule has 0 radical (unpaired) electrons. The SMILES string of the molecule is COc1ccc(CNC(=O)c2ccnc(Nc3ccc(N(C)C)cc3)c2)cc1. The summed E-state index contributed by atoms with van der Waals surface area (Å²) >= 11 is 0. The van der Waals surface area contributed by atoms with Crippen molar-refractivity contribution in [3.63, 3.8) is 0 Å². The van der Waals surface area contributed by atoms with E-state index in [2.05, 4.69) is 15.6 Å². The summed E-state index contributed by atoms with van der Waals surface area (Å²) in [6.45, 7) is 0.444. The molecule has 0 unspecified atom stereocenters. The van der Waals surface area contributed by atoms with E-state index in [1.165, 1.54) is 0 Å². The summed E-state index contributed by atoms with van der Waals surface area (Å²) in [4.78, 5) is 18.8. The van der Waals surface area contributed by atoms with Gasteiger partial charge >= 0.3 is 0 Å². The van der Waals surface area contributed by atoms with Crippen molar-refractivity contribution in [3.8, 4) is 5.75 Å². The zero-order chi connectivity index (χ0) is 19.9. The quantitative estimate of drug-likeness (QED) is 0.656. The van der Waals surface area contributed by atoms with E-state index < -0.39 is 0 Å². The Bertz CT molecular complexity index is 922. The maximum Gasteiger partial charge on any atom is 0.251 e. The number of hydrogen-bond donors (Lipinski definition) is 2. The number of anilines is 3. The second-order valence-electron chi connectivity index (χ2n) is 6.53. The minimum Gasteiger partial charge on any atom is -0.497 e. The fourth-order valence-corrected chi connectivity index (χ4v) is 2.66. The first-order valence-corrected chi connectivity index (χ1v) is 8.97. The lowest BCUT2D eigenvalue weighted by atomic mass is 10.2. The first-order valence-electron chi connectivity index (χ1n) is 8.97. The first-order chi connectivity index (χ1) is 13.5. The van der Waals surface area contributed by atoms with Crippen LogP contribution in [0.25, 0.3) is 0 Å². The van der Waals surface area contributed by atoms with Crippen LogP contribution >= 0.6 is 0 Å². The van der Waals surface area contributed by atoms with E-state index in [1.807, 2.05) is 67.5 Å². The van der Waals surface area contributed by atoms with E-state index >= 15 is 0 Å². The highest BCUT2D eigenvalue weighted by atomic mass is 16.5. The van der Waals surface area contributed by atoms with Crippen LogP contribution in [0.5, 0.6) is 5.75 Å². The van der Waals surface area contributed by atoms with Crippen molar-refractivity contribution in [2.75, 3.05) is 31.4 Å². The largest absolute Gasteiger partial charge is 0.497 e.